The molecular weight excluding hydrogens is 359 g/mol. The van der Waals surface area contributed by atoms with Gasteiger partial charge in [-0.3, -0.25) is 9.36 Å². The molecule has 1 aromatic rings. The molecule has 120 valence electrons. The number of hydrogen-bond donors (Lipinski definition) is 2. The zero-order valence-corrected chi connectivity index (χ0v) is 15.2. The summed E-state index contributed by atoms with van der Waals surface area (Å²) in [5.74, 6) is 0.149. The highest BCUT2D eigenvalue weighted by molar-refractivity contribution is 9.10. The summed E-state index contributed by atoms with van der Waals surface area (Å²) in [6, 6.07) is 0. The lowest BCUT2D eigenvalue weighted by molar-refractivity contribution is 0.0958. The second-order valence-electron chi connectivity index (χ2n) is 5.41. The fourth-order valence-electron chi connectivity index (χ4n) is 2.32. The van der Waals surface area contributed by atoms with Gasteiger partial charge in [0.05, 0.1) is 4.83 Å². The van der Waals surface area contributed by atoms with Gasteiger partial charge in [-0.25, -0.2) is 0 Å². The standard InChI is InChI=1S/C14H22BrO5P/c1-5-9-10(6-2)14(21(17,18)19)20-13(9)12(16)11(15)7-8(3)4/h8,11H,5-7H2,1-4H3,(H2,17,18,19). The van der Waals surface area contributed by atoms with E-state index in [1.165, 1.54) is 0 Å². The molecule has 1 rings (SSSR count). The molecule has 1 heterocycles. The molecular formula is C14H22BrO5P. The highest BCUT2D eigenvalue weighted by Gasteiger charge is 2.34. The van der Waals surface area contributed by atoms with Gasteiger partial charge in [0.15, 0.2) is 5.76 Å². The third-order valence-electron chi connectivity index (χ3n) is 3.25. The summed E-state index contributed by atoms with van der Waals surface area (Å²) in [4.78, 5) is 30.8. The highest BCUT2D eigenvalue weighted by atomic mass is 79.9. The number of halogens is 1. The second kappa shape index (κ2) is 7.23. The molecule has 7 heteroatoms. The van der Waals surface area contributed by atoms with E-state index in [-0.39, 0.29) is 17.0 Å². The van der Waals surface area contributed by atoms with Crippen molar-refractivity contribution in [1.82, 2.24) is 0 Å². The molecule has 0 bridgehead atoms. The molecule has 0 saturated carbocycles. The third-order valence-corrected chi connectivity index (χ3v) is 4.93. The predicted octanol–water partition coefficient (Wildman–Crippen LogP) is 3.20. The Morgan fingerprint density at radius 1 is 1.24 bits per heavy atom. The van der Waals surface area contributed by atoms with E-state index in [1.807, 2.05) is 20.8 Å². The Balaban J connectivity index is 3.33. The fraction of sp³-hybridized carbons (Fsp3) is 0.643. The minimum absolute atomic E-state index is 0.0789. The molecule has 0 aliphatic carbocycles. The van der Waals surface area contributed by atoms with Crippen LogP contribution in [0.4, 0.5) is 0 Å². The molecule has 21 heavy (non-hydrogen) atoms. The molecule has 1 unspecified atom stereocenters. The summed E-state index contributed by atoms with van der Waals surface area (Å²) in [6.45, 7) is 7.64. The van der Waals surface area contributed by atoms with E-state index in [2.05, 4.69) is 15.9 Å². The first-order valence-corrected chi connectivity index (χ1v) is 9.55. The Bertz CT molecular complexity index is 558. The van der Waals surface area contributed by atoms with Gasteiger partial charge in [-0.1, -0.05) is 43.6 Å². The molecule has 0 aliphatic heterocycles. The number of alkyl halides is 1. The Morgan fingerprint density at radius 2 is 1.76 bits per heavy atom. The zero-order valence-electron chi connectivity index (χ0n) is 12.7. The van der Waals surface area contributed by atoms with Gasteiger partial charge in [0.2, 0.25) is 11.3 Å². The van der Waals surface area contributed by atoms with Crippen molar-refractivity contribution < 1.29 is 23.6 Å². The lowest BCUT2D eigenvalue weighted by Crippen LogP contribution is -2.17. The van der Waals surface area contributed by atoms with Crippen LogP contribution in [0.2, 0.25) is 0 Å². The Kier molecular flexibility index (Phi) is 6.41. The Morgan fingerprint density at radius 3 is 2.14 bits per heavy atom. The minimum Gasteiger partial charge on any atom is -0.444 e. The fourth-order valence-corrected chi connectivity index (χ4v) is 4.13. The van der Waals surface area contributed by atoms with Gasteiger partial charge in [0, 0.05) is 11.1 Å². The number of rotatable bonds is 7. The zero-order chi connectivity index (χ0) is 16.4. The highest BCUT2D eigenvalue weighted by Crippen LogP contribution is 2.38. The van der Waals surface area contributed by atoms with Crippen LogP contribution in [0.15, 0.2) is 4.42 Å². The summed E-state index contributed by atoms with van der Waals surface area (Å²) < 4.78 is 16.9. The predicted molar refractivity (Wildman–Crippen MR) is 85.6 cm³/mol. The minimum atomic E-state index is -4.52. The van der Waals surface area contributed by atoms with E-state index in [9.17, 15) is 19.1 Å². The number of furan rings is 1. The molecule has 0 saturated heterocycles. The van der Waals surface area contributed by atoms with Crippen molar-refractivity contribution in [2.45, 2.75) is 51.8 Å². The van der Waals surface area contributed by atoms with Crippen LogP contribution in [0.1, 0.15) is 55.8 Å². The number of ketones is 1. The summed E-state index contributed by atoms with van der Waals surface area (Å²) in [5.41, 5.74) is 0.696. The van der Waals surface area contributed by atoms with Crippen molar-refractivity contribution in [2.75, 3.05) is 0 Å². The van der Waals surface area contributed by atoms with E-state index in [0.717, 1.165) is 0 Å². The quantitative estimate of drug-likeness (QED) is 0.430. The largest absolute Gasteiger partial charge is 0.444 e. The SMILES string of the molecule is CCc1c(C(=O)C(Br)CC(C)C)oc(P(=O)(O)O)c1CC. The van der Waals surface area contributed by atoms with Crippen LogP contribution < -0.4 is 5.50 Å². The molecule has 0 aromatic carbocycles. The van der Waals surface area contributed by atoms with Crippen LogP contribution in [0.25, 0.3) is 0 Å². The van der Waals surface area contributed by atoms with Gasteiger partial charge < -0.3 is 14.2 Å². The van der Waals surface area contributed by atoms with Crippen LogP contribution in [-0.2, 0) is 17.4 Å². The van der Waals surface area contributed by atoms with Crippen LogP contribution in [-0.4, -0.2) is 20.4 Å². The maximum atomic E-state index is 12.5. The van der Waals surface area contributed by atoms with Crippen molar-refractivity contribution in [1.29, 1.82) is 0 Å². The summed E-state index contributed by atoms with van der Waals surface area (Å²) in [5, 5.41) is 0. The lowest BCUT2D eigenvalue weighted by atomic mass is 10.00. The van der Waals surface area contributed by atoms with Crippen LogP contribution in [0, 0.1) is 5.92 Å². The van der Waals surface area contributed by atoms with Crippen LogP contribution in [0.3, 0.4) is 0 Å². The molecule has 0 radical (unpaired) electrons. The van der Waals surface area contributed by atoms with E-state index in [1.54, 1.807) is 6.92 Å². The topological polar surface area (TPSA) is 87.7 Å². The van der Waals surface area contributed by atoms with E-state index < -0.39 is 12.4 Å². The van der Waals surface area contributed by atoms with Crippen molar-refractivity contribution >= 4 is 34.8 Å². The molecule has 1 aromatic heterocycles. The first kappa shape index (κ1) is 18.6. The van der Waals surface area contributed by atoms with Crippen molar-refractivity contribution in [2.24, 2.45) is 5.92 Å². The van der Waals surface area contributed by atoms with Crippen LogP contribution >= 0.6 is 23.5 Å². The van der Waals surface area contributed by atoms with Gasteiger partial charge in [-0.15, -0.1) is 0 Å². The van der Waals surface area contributed by atoms with E-state index in [4.69, 9.17) is 4.42 Å². The van der Waals surface area contributed by atoms with Crippen molar-refractivity contribution in [3.05, 3.63) is 16.9 Å². The Hall–Kier alpha value is -0.420. The maximum absolute atomic E-state index is 12.5. The van der Waals surface area contributed by atoms with Gasteiger partial charge in [-0.05, 0) is 25.2 Å². The number of Topliss-reactive ketones (excluding diaryl/α,β-unsaturated/α-hetero) is 1. The summed E-state index contributed by atoms with van der Waals surface area (Å²) in [6.07, 6.45) is 1.54. The normalized spacial score (nSPS) is 13.7. The Labute approximate surface area is 133 Å². The average molecular weight is 381 g/mol. The van der Waals surface area contributed by atoms with Crippen LogP contribution in [0.5, 0.6) is 0 Å². The average Bonchev–Trinajstić information content (AvgIpc) is 2.74. The van der Waals surface area contributed by atoms with Crippen molar-refractivity contribution in [3.8, 4) is 0 Å². The lowest BCUT2D eigenvalue weighted by Gasteiger charge is -2.10. The van der Waals surface area contributed by atoms with Gasteiger partial charge >= 0.3 is 7.60 Å². The first-order valence-electron chi connectivity index (χ1n) is 7.02. The van der Waals surface area contributed by atoms with E-state index in [0.29, 0.717) is 36.3 Å². The summed E-state index contributed by atoms with van der Waals surface area (Å²) >= 11 is 3.35. The molecule has 0 aliphatic rings. The van der Waals surface area contributed by atoms with Crippen molar-refractivity contribution in [3.63, 3.8) is 0 Å². The molecule has 0 spiro atoms. The van der Waals surface area contributed by atoms with E-state index >= 15 is 0 Å². The molecule has 0 fully saturated rings. The number of carbonyl (C=O) groups excluding carboxylic acids is 1. The molecule has 0 amide bonds. The molecule has 2 N–H and O–H groups in total. The molecule has 5 nitrogen and oxygen atoms in total. The first-order chi connectivity index (χ1) is 9.63. The van der Waals surface area contributed by atoms with Gasteiger partial charge in [0.1, 0.15) is 0 Å². The smallest absolute Gasteiger partial charge is 0.391 e. The second-order valence-corrected chi connectivity index (χ2v) is 8.01. The molecule has 1 atom stereocenters. The maximum Gasteiger partial charge on any atom is 0.391 e. The number of hydrogen-bond acceptors (Lipinski definition) is 3. The van der Waals surface area contributed by atoms with Gasteiger partial charge in [0.25, 0.3) is 0 Å². The van der Waals surface area contributed by atoms with Gasteiger partial charge in [-0.2, -0.15) is 0 Å². The summed E-state index contributed by atoms with van der Waals surface area (Å²) in [7, 11) is -4.52. The number of carbonyl (C=O) groups is 1. The third kappa shape index (κ3) is 4.28. The monoisotopic (exact) mass is 380 g/mol.